The van der Waals surface area contributed by atoms with Crippen LogP contribution in [0.5, 0.6) is 0 Å². The van der Waals surface area contributed by atoms with Gasteiger partial charge >= 0.3 is 0 Å². The number of hydrogen-bond donors (Lipinski definition) is 2. The molecule has 0 bridgehead atoms. The highest BCUT2D eigenvalue weighted by atomic mass is 16.1. The van der Waals surface area contributed by atoms with Crippen molar-refractivity contribution in [1.82, 2.24) is 4.90 Å². The molecular weight excluding hydrogens is 178 g/mol. The van der Waals surface area contributed by atoms with Crippen LogP contribution < -0.4 is 11.5 Å². The topological polar surface area (TPSA) is 72.4 Å². The summed E-state index contributed by atoms with van der Waals surface area (Å²) in [5, 5.41) is 0. The number of hydrogen-bond acceptors (Lipinski definition) is 3. The number of amides is 1. The molecule has 0 aliphatic carbocycles. The standard InChI is InChI=1S/C10H21N3O/c1-3-9(10(12)14)13-5-7(2)4-8(11)6-13/h7-9H,3-6,11H2,1-2H3,(H2,12,14). The predicted molar refractivity (Wildman–Crippen MR) is 56.6 cm³/mol. The molecule has 1 heterocycles. The monoisotopic (exact) mass is 199 g/mol. The zero-order valence-corrected chi connectivity index (χ0v) is 9.07. The average molecular weight is 199 g/mol. The molecule has 82 valence electrons. The van der Waals surface area contributed by atoms with Gasteiger partial charge in [-0.25, -0.2) is 0 Å². The Morgan fingerprint density at radius 3 is 2.64 bits per heavy atom. The van der Waals surface area contributed by atoms with E-state index in [1.165, 1.54) is 0 Å². The first-order valence-electron chi connectivity index (χ1n) is 5.33. The SMILES string of the molecule is CCC(C(N)=O)N1CC(C)CC(N)C1. The molecule has 4 N–H and O–H groups in total. The highest BCUT2D eigenvalue weighted by Gasteiger charge is 2.29. The summed E-state index contributed by atoms with van der Waals surface area (Å²) < 4.78 is 0. The van der Waals surface area contributed by atoms with Gasteiger partial charge in [-0.3, -0.25) is 9.69 Å². The van der Waals surface area contributed by atoms with E-state index in [-0.39, 0.29) is 18.0 Å². The Morgan fingerprint density at radius 2 is 2.21 bits per heavy atom. The highest BCUT2D eigenvalue weighted by Crippen LogP contribution is 2.18. The molecule has 1 aliphatic rings. The van der Waals surface area contributed by atoms with Gasteiger partial charge in [-0.15, -0.1) is 0 Å². The van der Waals surface area contributed by atoms with Crippen molar-refractivity contribution in [2.45, 2.75) is 38.8 Å². The van der Waals surface area contributed by atoms with Gasteiger partial charge in [0.1, 0.15) is 0 Å². The van der Waals surface area contributed by atoms with Crippen molar-refractivity contribution in [1.29, 1.82) is 0 Å². The Hall–Kier alpha value is -0.610. The molecule has 0 radical (unpaired) electrons. The maximum atomic E-state index is 11.2. The molecule has 4 nitrogen and oxygen atoms in total. The molecule has 3 atom stereocenters. The third-order valence-corrected chi connectivity index (χ3v) is 2.88. The number of primary amides is 1. The van der Waals surface area contributed by atoms with Crippen LogP contribution in [0.4, 0.5) is 0 Å². The molecule has 1 aliphatic heterocycles. The Labute approximate surface area is 85.6 Å². The number of carbonyl (C=O) groups is 1. The number of carbonyl (C=O) groups excluding carboxylic acids is 1. The number of piperidine rings is 1. The van der Waals surface area contributed by atoms with Crippen molar-refractivity contribution >= 4 is 5.91 Å². The van der Waals surface area contributed by atoms with Crippen molar-refractivity contribution in [3.05, 3.63) is 0 Å². The van der Waals surface area contributed by atoms with Crippen molar-refractivity contribution in [3.63, 3.8) is 0 Å². The van der Waals surface area contributed by atoms with Gasteiger partial charge in [0, 0.05) is 19.1 Å². The fraction of sp³-hybridized carbons (Fsp3) is 0.900. The van der Waals surface area contributed by atoms with Gasteiger partial charge in [0.2, 0.25) is 5.91 Å². The Balaban J connectivity index is 2.61. The van der Waals surface area contributed by atoms with E-state index < -0.39 is 0 Å². The number of likely N-dealkylation sites (tertiary alicyclic amines) is 1. The summed E-state index contributed by atoms with van der Waals surface area (Å²) in [6.45, 7) is 5.89. The van der Waals surface area contributed by atoms with Crippen LogP contribution in [0.1, 0.15) is 26.7 Å². The zero-order chi connectivity index (χ0) is 10.7. The minimum absolute atomic E-state index is 0.135. The van der Waals surface area contributed by atoms with Gasteiger partial charge in [-0.1, -0.05) is 13.8 Å². The summed E-state index contributed by atoms with van der Waals surface area (Å²) in [5.74, 6) is 0.334. The lowest BCUT2D eigenvalue weighted by Crippen LogP contribution is -2.54. The van der Waals surface area contributed by atoms with E-state index in [1.54, 1.807) is 0 Å². The van der Waals surface area contributed by atoms with E-state index in [1.807, 2.05) is 6.92 Å². The first-order valence-corrected chi connectivity index (χ1v) is 5.33. The third-order valence-electron chi connectivity index (χ3n) is 2.88. The summed E-state index contributed by atoms with van der Waals surface area (Å²) in [5.41, 5.74) is 11.3. The molecule has 0 aromatic rings. The molecule has 14 heavy (non-hydrogen) atoms. The van der Waals surface area contributed by atoms with Crippen LogP contribution in [0.2, 0.25) is 0 Å². The predicted octanol–water partition coefficient (Wildman–Crippen LogP) is -0.0806. The summed E-state index contributed by atoms with van der Waals surface area (Å²) in [6, 6.07) is 0.0518. The summed E-state index contributed by atoms with van der Waals surface area (Å²) in [7, 11) is 0. The van der Waals surface area contributed by atoms with Crippen molar-refractivity contribution in [2.24, 2.45) is 17.4 Å². The van der Waals surface area contributed by atoms with Crippen molar-refractivity contribution in [2.75, 3.05) is 13.1 Å². The Kier molecular flexibility index (Phi) is 3.89. The van der Waals surface area contributed by atoms with Crippen LogP contribution in [-0.4, -0.2) is 36.0 Å². The zero-order valence-electron chi connectivity index (χ0n) is 9.07. The van der Waals surface area contributed by atoms with E-state index in [0.717, 1.165) is 25.9 Å². The van der Waals surface area contributed by atoms with E-state index in [9.17, 15) is 4.79 Å². The van der Waals surface area contributed by atoms with Crippen LogP contribution in [0.3, 0.4) is 0 Å². The normalized spacial score (nSPS) is 31.4. The van der Waals surface area contributed by atoms with Crippen LogP contribution in [0, 0.1) is 5.92 Å². The third kappa shape index (κ3) is 2.69. The molecule has 1 rings (SSSR count). The molecule has 0 saturated carbocycles. The van der Waals surface area contributed by atoms with Crippen molar-refractivity contribution in [3.8, 4) is 0 Å². The van der Waals surface area contributed by atoms with E-state index in [0.29, 0.717) is 5.92 Å². The largest absolute Gasteiger partial charge is 0.368 e. The molecule has 1 fully saturated rings. The summed E-state index contributed by atoms with van der Waals surface area (Å²) >= 11 is 0. The average Bonchev–Trinajstić information content (AvgIpc) is 2.02. The molecule has 4 heteroatoms. The van der Waals surface area contributed by atoms with E-state index >= 15 is 0 Å². The molecule has 3 unspecified atom stereocenters. The number of nitrogens with zero attached hydrogens (tertiary/aromatic N) is 1. The first kappa shape index (κ1) is 11.5. The fourth-order valence-corrected chi connectivity index (χ4v) is 2.34. The fourth-order valence-electron chi connectivity index (χ4n) is 2.34. The molecule has 0 spiro atoms. The second-order valence-corrected chi connectivity index (χ2v) is 4.38. The smallest absolute Gasteiger partial charge is 0.234 e. The van der Waals surface area contributed by atoms with Crippen LogP contribution >= 0.6 is 0 Å². The lowest BCUT2D eigenvalue weighted by atomic mass is 9.94. The van der Waals surface area contributed by atoms with Gasteiger partial charge in [0.15, 0.2) is 0 Å². The number of rotatable bonds is 3. The van der Waals surface area contributed by atoms with Gasteiger partial charge in [0.25, 0.3) is 0 Å². The van der Waals surface area contributed by atoms with Gasteiger partial charge < -0.3 is 11.5 Å². The molecule has 1 saturated heterocycles. The minimum Gasteiger partial charge on any atom is -0.368 e. The van der Waals surface area contributed by atoms with Crippen molar-refractivity contribution < 1.29 is 4.79 Å². The Bertz CT molecular complexity index is 198. The minimum atomic E-state index is -0.228. The van der Waals surface area contributed by atoms with E-state index in [4.69, 9.17) is 11.5 Å². The second kappa shape index (κ2) is 4.75. The lowest BCUT2D eigenvalue weighted by Gasteiger charge is -2.38. The quantitative estimate of drug-likeness (QED) is 0.667. The maximum absolute atomic E-state index is 11.2. The number of nitrogens with two attached hydrogens (primary N) is 2. The van der Waals surface area contributed by atoms with Crippen LogP contribution in [0.25, 0.3) is 0 Å². The first-order chi connectivity index (χ1) is 6.54. The van der Waals surface area contributed by atoms with Crippen LogP contribution in [0.15, 0.2) is 0 Å². The lowest BCUT2D eigenvalue weighted by molar-refractivity contribution is -0.124. The molecule has 1 amide bonds. The Morgan fingerprint density at radius 1 is 1.57 bits per heavy atom. The van der Waals surface area contributed by atoms with Crippen LogP contribution in [-0.2, 0) is 4.79 Å². The summed E-state index contributed by atoms with van der Waals surface area (Å²) in [4.78, 5) is 13.3. The van der Waals surface area contributed by atoms with E-state index in [2.05, 4.69) is 11.8 Å². The molecule has 0 aromatic heterocycles. The molecular formula is C10H21N3O. The second-order valence-electron chi connectivity index (χ2n) is 4.38. The van der Waals surface area contributed by atoms with Gasteiger partial charge in [0.05, 0.1) is 6.04 Å². The van der Waals surface area contributed by atoms with Gasteiger partial charge in [-0.2, -0.15) is 0 Å². The highest BCUT2D eigenvalue weighted by molar-refractivity contribution is 5.79. The maximum Gasteiger partial charge on any atom is 0.234 e. The summed E-state index contributed by atoms with van der Waals surface area (Å²) in [6.07, 6.45) is 1.82. The van der Waals surface area contributed by atoms with Gasteiger partial charge in [-0.05, 0) is 18.8 Å². The molecule has 0 aromatic carbocycles.